The minimum absolute atomic E-state index is 0.196. The lowest BCUT2D eigenvalue weighted by atomic mass is 9.73. The molecular weight excluding hydrogens is 238 g/mol. The lowest BCUT2D eigenvalue weighted by Gasteiger charge is -2.33. The third-order valence-corrected chi connectivity index (χ3v) is 4.32. The van der Waals surface area contributed by atoms with E-state index in [2.05, 4.69) is 24.3 Å². The van der Waals surface area contributed by atoms with Crippen molar-refractivity contribution >= 4 is 5.97 Å². The Morgan fingerprint density at radius 3 is 2.89 bits per heavy atom. The van der Waals surface area contributed by atoms with Gasteiger partial charge in [-0.1, -0.05) is 24.3 Å². The van der Waals surface area contributed by atoms with Crippen LogP contribution in [0.5, 0.6) is 0 Å². The average Bonchev–Trinajstić information content (AvgIpc) is 2.46. The Bertz CT molecular complexity index is 458. The molecule has 1 aliphatic carbocycles. The predicted molar refractivity (Wildman–Crippen MR) is 75.9 cm³/mol. The molecule has 3 nitrogen and oxygen atoms in total. The fourth-order valence-electron chi connectivity index (χ4n) is 3.11. The van der Waals surface area contributed by atoms with Gasteiger partial charge in [0.1, 0.15) is 0 Å². The first-order valence-corrected chi connectivity index (χ1v) is 6.97. The van der Waals surface area contributed by atoms with Crippen molar-refractivity contribution in [2.45, 2.75) is 38.5 Å². The van der Waals surface area contributed by atoms with Crippen LogP contribution in [0.1, 0.15) is 43.2 Å². The number of nitrogens with two attached hydrogens (primary N) is 1. The highest BCUT2D eigenvalue weighted by molar-refractivity contribution is 5.76. The highest BCUT2D eigenvalue weighted by Crippen LogP contribution is 2.39. The van der Waals surface area contributed by atoms with Crippen LogP contribution in [0.2, 0.25) is 0 Å². The predicted octanol–water partition coefficient (Wildman–Crippen LogP) is 2.63. The molecule has 2 atom stereocenters. The molecule has 2 unspecified atom stereocenters. The second-order valence-electron chi connectivity index (χ2n) is 5.75. The molecule has 19 heavy (non-hydrogen) atoms. The zero-order chi connectivity index (χ0) is 13.9. The van der Waals surface area contributed by atoms with Crippen molar-refractivity contribution in [3.05, 3.63) is 35.4 Å². The number of hydrogen-bond donors (Lipinski definition) is 1. The van der Waals surface area contributed by atoms with E-state index in [4.69, 9.17) is 10.5 Å². The smallest absolute Gasteiger partial charge is 0.312 e. The van der Waals surface area contributed by atoms with E-state index in [9.17, 15) is 4.79 Å². The SMILES string of the molecule is COC(=O)C(C)(CN)CC1CCCc2ccccc21. The van der Waals surface area contributed by atoms with Gasteiger partial charge in [-0.2, -0.15) is 0 Å². The maximum atomic E-state index is 11.9. The van der Waals surface area contributed by atoms with Crippen LogP contribution >= 0.6 is 0 Å². The number of esters is 1. The summed E-state index contributed by atoms with van der Waals surface area (Å²) in [6, 6.07) is 8.55. The number of aryl methyl sites for hydroxylation is 1. The number of methoxy groups -OCH3 is 1. The molecule has 104 valence electrons. The monoisotopic (exact) mass is 261 g/mol. The zero-order valence-corrected chi connectivity index (χ0v) is 11.8. The molecule has 0 saturated heterocycles. The van der Waals surface area contributed by atoms with Crippen LogP contribution in [0.25, 0.3) is 0 Å². The third-order valence-electron chi connectivity index (χ3n) is 4.32. The minimum Gasteiger partial charge on any atom is -0.469 e. The fraction of sp³-hybridized carbons (Fsp3) is 0.562. The van der Waals surface area contributed by atoms with Gasteiger partial charge in [-0.15, -0.1) is 0 Å². The summed E-state index contributed by atoms with van der Waals surface area (Å²) in [7, 11) is 1.44. The summed E-state index contributed by atoms with van der Waals surface area (Å²) >= 11 is 0. The van der Waals surface area contributed by atoms with Gasteiger partial charge in [0.05, 0.1) is 12.5 Å². The Hall–Kier alpha value is -1.35. The van der Waals surface area contributed by atoms with Crippen LogP contribution in [0.4, 0.5) is 0 Å². The van der Waals surface area contributed by atoms with Gasteiger partial charge in [0, 0.05) is 6.54 Å². The summed E-state index contributed by atoms with van der Waals surface area (Å²) in [5.74, 6) is 0.218. The van der Waals surface area contributed by atoms with E-state index >= 15 is 0 Å². The molecule has 1 aromatic carbocycles. The maximum Gasteiger partial charge on any atom is 0.312 e. The highest BCUT2D eigenvalue weighted by Gasteiger charge is 2.37. The van der Waals surface area contributed by atoms with Crippen LogP contribution in [-0.4, -0.2) is 19.6 Å². The lowest BCUT2D eigenvalue weighted by molar-refractivity contribution is -0.151. The van der Waals surface area contributed by atoms with E-state index in [0.29, 0.717) is 12.5 Å². The maximum absolute atomic E-state index is 11.9. The summed E-state index contributed by atoms with van der Waals surface area (Å²) in [6.07, 6.45) is 4.23. The number of fused-ring (bicyclic) bond motifs is 1. The van der Waals surface area contributed by atoms with Gasteiger partial charge in [-0.3, -0.25) is 4.79 Å². The van der Waals surface area contributed by atoms with Crippen LogP contribution in [0, 0.1) is 5.41 Å². The van der Waals surface area contributed by atoms with Crippen LogP contribution in [0.3, 0.4) is 0 Å². The molecule has 1 aromatic rings. The van der Waals surface area contributed by atoms with E-state index in [1.807, 2.05) is 6.92 Å². The normalized spacial score (nSPS) is 21.3. The molecule has 0 aliphatic heterocycles. The van der Waals surface area contributed by atoms with Gasteiger partial charge >= 0.3 is 5.97 Å². The van der Waals surface area contributed by atoms with Crippen molar-refractivity contribution < 1.29 is 9.53 Å². The van der Waals surface area contributed by atoms with Crippen molar-refractivity contribution in [3.63, 3.8) is 0 Å². The number of benzene rings is 1. The molecule has 0 radical (unpaired) electrons. The third kappa shape index (κ3) is 2.81. The second kappa shape index (κ2) is 5.74. The molecule has 0 saturated carbocycles. The van der Waals surface area contributed by atoms with Crippen molar-refractivity contribution in [2.75, 3.05) is 13.7 Å². The van der Waals surface area contributed by atoms with E-state index in [0.717, 1.165) is 19.3 Å². The average molecular weight is 261 g/mol. The second-order valence-corrected chi connectivity index (χ2v) is 5.75. The molecule has 0 aromatic heterocycles. The molecule has 0 spiro atoms. The van der Waals surface area contributed by atoms with E-state index < -0.39 is 5.41 Å². The highest BCUT2D eigenvalue weighted by atomic mass is 16.5. The Morgan fingerprint density at radius 2 is 2.21 bits per heavy atom. The molecule has 0 amide bonds. The molecule has 3 heteroatoms. The first-order valence-electron chi connectivity index (χ1n) is 6.97. The fourth-order valence-corrected chi connectivity index (χ4v) is 3.11. The van der Waals surface area contributed by atoms with E-state index in [-0.39, 0.29) is 5.97 Å². The molecule has 2 N–H and O–H groups in total. The van der Waals surface area contributed by atoms with E-state index in [1.54, 1.807) is 0 Å². The van der Waals surface area contributed by atoms with Crippen molar-refractivity contribution in [2.24, 2.45) is 11.1 Å². The van der Waals surface area contributed by atoms with Crippen molar-refractivity contribution in [1.29, 1.82) is 0 Å². The molecule has 0 bridgehead atoms. The summed E-state index contributed by atoms with van der Waals surface area (Å²) in [6.45, 7) is 2.24. The standard InChI is InChI=1S/C16H23NO2/c1-16(11-17,15(18)19-2)10-13-8-5-7-12-6-3-4-9-14(12)13/h3-4,6,9,13H,5,7-8,10-11,17H2,1-2H3. The number of hydrogen-bond acceptors (Lipinski definition) is 3. The van der Waals surface area contributed by atoms with Gasteiger partial charge in [-0.05, 0) is 49.7 Å². The number of carbonyl (C=O) groups excluding carboxylic acids is 1. The van der Waals surface area contributed by atoms with Gasteiger partial charge < -0.3 is 10.5 Å². The van der Waals surface area contributed by atoms with Crippen molar-refractivity contribution in [1.82, 2.24) is 0 Å². The molecular formula is C16H23NO2. The van der Waals surface area contributed by atoms with Gasteiger partial charge in [0.2, 0.25) is 0 Å². The first kappa shape index (κ1) is 14.1. The van der Waals surface area contributed by atoms with Crippen LogP contribution in [0.15, 0.2) is 24.3 Å². The quantitative estimate of drug-likeness (QED) is 0.848. The Kier molecular flexibility index (Phi) is 4.25. The van der Waals surface area contributed by atoms with E-state index in [1.165, 1.54) is 24.7 Å². The Labute approximate surface area is 115 Å². The zero-order valence-electron chi connectivity index (χ0n) is 11.8. The summed E-state index contributed by atoms with van der Waals surface area (Å²) in [4.78, 5) is 11.9. The van der Waals surface area contributed by atoms with Gasteiger partial charge in [0.25, 0.3) is 0 Å². The van der Waals surface area contributed by atoms with Crippen molar-refractivity contribution in [3.8, 4) is 0 Å². The number of carbonyl (C=O) groups is 1. The topological polar surface area (TPSA) is 52.3 Å². The summed E-state index contributed by atoms with van der Waals surface area (Å²) in [5, 5.41) is 0. The summed E-state index contributed by atoms with van der Waals surface area (Å²) < 4.78 is 4.92. The van der Waals surface area contributed by atoms with Crippen LogP contribution in [-0.2, 0) is 16.0 Å². The Balaban J connectivity index is 2.22. The lowest BCUT2D eigenvalue weighted by Crippen LogP contribution is -2.38. The van der Waals surface area contributed by atoms with Gasteiger partial charge in [-0.25, -0.2) is 0 Å². The number of ether oxygens (including phenoxy) is 1. The largest absolute Gasteiger partial charge is 0.469 e. The molecule has 1 aliphatic rings. The number of rotatable bonds is 4. The minimum atomic E-state index is -0.579. The Morgan fingerprint density at radius 1 is 1.47 bits per heavy atom. The van der Waals surface area contributed by atoms with Gasteiger partial charge in [0.15, 0.2) is 0 Å². The van der Waals surface area contributed by atoms with Crippen LogP contribution < -0.4 is 5.73 Å². The molecule has 0 fully saturated rings. The first-order chi connectivity index (χ1) is 9.10. The summed E-state index contributed by atoms with van der Waals surface area (Å²) in [5.41, 5.74) is 8.05. The molecule has 2 rings (SSSR count). The molecule has 0 heterocycles.